The molecule has 0 aromatic rings. The molecule has 1 N–H and O–H groups in total. The van der Waals surface area contributed by atoms with E-state index >= 15 is 0 Å². The van der Waals surface area contributed by atoms with Crippen molar-refractivity contribution < 1.29 is 24.2 Å². The van der Waals surface area contributed by atoms with Gasteiger partial charge in [-0.15, -0.1) is 0 Å². The van der Waals surface area contributed by atoms with Gasteiger partial charge in [-0.1, -0.05) is 214 Å². The fourth-order valence-corrected chi connectivity index (χ4v) is 9.14. The molecule has 0 fully saturated rings. The number of aliphatic hydroxyl groups is 1. The normalized spacial score (nSPS) is 13.2. The van der Waals surface area contributed by atoms with Crippen molar-refractivity contribution in [2.45, 2.75) is 297 Å². The van der Waals surface area contributed by atoms with Crippen molar-refractivity contribution in [1.82, 2.24) is 4.90 Å². The molecule has 6 nitrogen and oxygen atoms in total. The Labute approximate surface area is 382 Å². The van der Waals surface area contributed by atoms with Crippen molar-refractivity contribution in [1.29, 1.82) is 0 Å². The molecule has 2 atom stereocenters. The Balaban J connectivity index is 4.68. The van der Waals surface area contributed by atoms with Crippen LogP contribution in [0.5, 0.6) is 0 Å². The van der Waals surface area contributed by atoms with Gasteiger partial charge in [0.05, 0.1) is 13.2 Å². The fourth-order valence-electron chi connectivity index (χ4n) is 9.14. The average Bonchev–Trinajstić information content (AvgIpc) is 3.26. The predicted octanol–water partition coefficient (Wildman–Crippen LogP) is 16.7. The maximum atomic E-state index is 12.5. The van der Waals surface area contributed by atoms with Crippen molar-refractivity contribution >= 4 is 11.9 Å². The smallest absolute Gasteiger partial charge is 0.305 e. The van der Waals surface area contributed by atoms with Crippen LogP contribution in [0, 0.1) is 11.8 Å². The van der Waals surface area contributed by atoms with Crippen molar-refractivity contribution in [3.63, 3.8) is 0 Å². The van der Waals surface area contributed by atoms with E-state index in [0.29, 0.717) is 43.9 Å². The Bertz CT molecular complexity index is 841. The number of unbranched alkanes of at least 4 members (excludes halogenated alkanes) is 24. The second kappa shape index (κ2) is 48.3. The third-order valence-corrected chi connectivity index (χ3v) is 13.3. The molecule has 0 aromatic heterocycles. The van der Waals surface area contributed by atoms with Crippen LogP contribution in [0.15, 0.2) is 0 Å². The Kier molecular flexibility index (Phi) is 47.4. The maximum Gasteiger partial charge on any atom is 0.305 e. The molecule has 0 saturated heterocycles. The first kappa shape index (κ1) is 59.9. The molecular formula is C55H109NO5. The van der Waals surface area contributed by atoms with Crippen LogP contribution in [0.3, 0.4) is 0 Å². The molecule has 0 rings (SSSR count). The molecule has 0 amide bonds. The summed E-state index contributed by atoms with van der Waals surface area (Å²) >= 11 is 0. The Morgan fingerprint density at radius 2 is 0.689 bits per heavy atom. The lowest BCUT2D eigenvalue weighted by atomic mass is 9.96. The molecule has 0 spiro atoms. The zero-order valence-corrected chi connectivity index (χ0v) is 42.1. The Morgan fingerprint density at radius 3 is 1.10 bits per heavy atom. The van der Waals surface area contributed by atoms with E-state index in [1.54, 1.807) is 0 Å². The van der Waals surface area contributed by atoms with Gasteiger partial charge in [-0.05, 0) is 82.6 Å². The van der Waals surface area contributed by atoms with Gasteiger partial charge in [0.2, 0.25) is 0 Å². The van der Waals surface area contributed by atoms with E-state index in [1.165, 1.54) is 218 Å². The van der Waals surface area contributed by atoms with E-state index in [9.17, 15) is 14.7 Å². The summed E-state index contributed by atoms with van der Waals surface area (Å²) in [6, 6.07) is 0.608. The van der Waals surface area contributed by atoms with Crippen molar-refractivity contribution in [3.05, 3.63) is 0 Å². The predicted molar refractivity (Wildman–Crippen MR) is 264 cm³/mol. The molecule has 0 radical (unpaired) electrons. The second-order valence-corrected chi connectivity index (χ2v) is 19.3. The van der Waals surface area contributed by atoms with Crippen LogP contribution < -0.4 is 0 Å². The summed E-state index contributed by atoms with van der Waals surface area (Å²) in [4.78, 5) is 27.8. The summed E-state index contributed by atoms with van der Waals surface area (Å²) in [5.41, 5.74) is 0. The van der Waals surface area contributed by atoms with Crippen LogP contribution >= 0.6 is 0 Å². The van der Waals surface area contributed by atoms with E-state index < -0.39 is 0 Å². The molecule has 0 aliphatic heterocycles. The van der Waals surface area contributed by atoms with Gasteiger partial charge in [0.1, 0.15) is 0 Å². The summed E-state index contributed by atoms with van der Waals surface area (Å²) in [6.45, 7) is 15.0. The Hall–Kier alpha value is -1.14. The number of carbonyl (C=O) groups excluding carboxylic acids is 2. The summed E-state index contributed by atoms with van der Waals surface area (Å²) in [7, 11) is 0. The van der Waals surface area contributed by atoms with Crippen LogP contribution in [0.1, 0.15) is 291 Å². The quantitative estimate of drug-likeness (QED) is 0.0485. The largest absolute Gasteiger partial charge is 0.465 e. The molecule has 0 saturated carbocycles. The van der Waals surface area contributed by atoms with Crippen LogP contribution in [-0.2, 0) is 19.1 Å². The van der Waals surface area contributed by atoms with Gasteiger partial charge < -0.3 is 19.5 Å². The van der Waals surface area contributed by atoms with Crippen LogP contribution in [0.25, 0.3) is 0 Å². The molecule has 364 valence electrons. The van der Waals surface area contributed by atoms with E-state index in [0.717, 1.165) is 38.6 Å². The number of aliphatic hydroxyl groups excluding tert-OH is 1. The SMILES string of the molecule is CCCCCCCCCN(CCCO)C(CCCCCCCCC(=O)OCC(CCCC)CCCCCC)CCCCCCCCC(=O)OCC(CCCC)CCCCCC. The molecular weight excluding hydrogens is 755 g/mol. The van der Waals surface area contributed by atoms with Gasteiger partial charge in [0, 0.05) is 32.0 Å². The molecule has 6 heteroatoms. The van der Waals surface area contributed by atoms with E-state index in [1.807, 2.05) is 0 Å². The summed E-state index contributed by atoms with van der Waals surface area (Å²) in [5, 5.41) is 9.77. The van der Waals surface area contributed by atoms with Gasteiger partial charge >= 0.3 is 11.9 Å². The van der Waals surface area contributed by atoms with Crippen LogP contribution in [0.4, 0.5) is 0 Å². The molecule has 2 unspecified atom stereocenters. The fraction of sp³-hybridized carbons (Fsp3) is 0.964. The summed E-state index contributed by atoms with van der Waals surface area (Å²) in [6.07, 6.45) is 48.0. The van der Waals surface area contributed by atoms with Gasteiger partial charge in [0.15, 0.2) is 0 Å². The zero-order valence-electron chi connectivity index (χ0n) is 42.1. The number of esters is 2. The minimum Gasteiger partial charge on any atom is -0.465 e. The molecule has 0 aliphatic carbocycles. The molecule has 0 bridgehead atoms. The van der Waals surface area contributed by atoms with Crippen LogP contribution in [-0.4, -0.2) is 60.9 Å². The van der Waals surface area contributed by atoms with Crippen molar-refractivity contribution in [3.8, 4) is 0 Å². The average molecular weight is 864 g/mol. The van der Waals surface area contributed by atoms with Gasteiger partial charge in [0.25, 0.3) is 0 Å². The first-order chi connectivity index (χ1) is 29.9. The van der Waals surface area contributed by atoms with E-state index in [-0.39, 0.29) is 18.5 Å². The number of nitrogens with zero attached hydrogens (tertiary/aromatic N) is 1. The molecule has 0 aromatic carbocycles. The Morgan fingerprint density at radius 1 is 0.377 bits per heavy atom. The number of carbonyl (C=O) groups is 2. The molecule has 61 heavy (non-hydrogen) atoms. The minimum atomic E-state index is 0.0106. The monoisotopic (exact) mass is 864 g/mol. The number of hydrogen-bond acceptors (Lipinski definition) is 6. The van der Waals surface area contributed by atoms with Gasteiger partial charge in [-0.2, -0.15) is 0 Å². The summed E-state index contributed by atoms with van der Waals surface area (Å²) < 4.78 is 11.5. The third kappa shape index (κ3) is 41.3. The number of rotatable bonds is 50. The lowest BCUT2D eigenvalue weighted by Crippen LogP contribution is -2.37. The zero-order chi connectivity index (χ0) is 44.7. The highest BCUT2D eigenvalue weighted by molar-refractivity contribution is 5.69. The highest BCUT2D eigenvalue weighted by Crippen LogP contribution is 2.23. The van der Waals surface area contributed by atoms with Crippen molar-refractivity contribution in [2.24, 2.45) is 11.8 Å². The molecule has 0 aliphatic rings. The van der Waals surface area contributed by atoms with Crippen molar-refractivity contribution in [2.75, 3.05) is 32.9 Å². The first-order valence-corrected chi connectivity index (χ1v) is 27.6. The lowest BCUT2D eigenvalue weighted by molar-refractivity contribution is -0.146. The first-order valence-electron chi connectivity index (χ1n) is 27.6. The number of ether oxygens (including phenoxy) is 2. The lowest BCUT2D eigenvalue weighted by Gasteiger charge is -2.32. The standard InChI is InChI=1S/C55H109NO5/c1-6-11-16-19-24-29-36-46-56(47-37-48-57)53(42-32-25-20-22-27-34-44-54(58)60-49-51(38-14-9-4)40-30-17-12-7-2)43-33-26-21-23-28-35-45-55(59)61-50-52(39-15-10-5)41-31-18-13-8-3/h51-53,57H,6-50H2,1-5H3. The van der Waals surface area contributed by atoms with Crippen LogP contribution in [0.2, 0.25) is 0 Å². The van der Waals surface area contributed by atoms with E-state index in [4.69, 9.17) is 9.47 Å². The summed E-state index contributed by atoms with van der Waals surface area (Å²) in [5.74, 6) is 1.10. The highest BCUT2D eigenvalue weighted by atomic mass is 16.5. The third-order valence-electron chi connectivity index (χ3n) is 13.3. The minimum absolute atomic E-state index is 0.0106. The van der Waals surface area contributed by atoms with Gasteiger partial charge in [-0.25, -0.2) is 0 Å². The van der Waals surface area contributed by atoms with E-state index in [2.05, 4.69) is 39.5 Å². The number of hydrogen-bond donors (Lipinski definition) is 1. The van der Waals surface area contributed by atoms with Gasteiger partial charge in [-0.3, -0.25) is 9.59 Å². The molecule has 0 heterocycles. The topological polar surface area (TPSA) is 76.1 Å². The highest BCUT2D eigenvalue weighted by Gasteiger charge is 2.18. The maximum absolute atomic E-state index is 12.5. The second-order valence-electron chi connectivity index (χ2n) is 19.3.